The van der Waals surface area contributed by atoms with Gasteiger partial charge in [0.05, 0.1) is 6.61 Å². The Morgan fingerprint density at radius 1 is 1.19 bits per heavy atom. The van der Waals surface area contributed by atoms with Crippen molar-refractivity contribution >= 4 is 11.9 Å². The molecule has 1 saturated heterocycles. The van der Waals surface area contributed by atoms with E-state index < -0.39 is 11.4 Å². The SMILES string of the molecule is CC(CNC(=O)c1cccc(C2CCOC2)c1)(C(=O)O)c1ccccc1. The minimum atomic E-state index is -1.19. The first-order valence-corrected chi connectivity index (χ1v) is 8.75. The molecule has 2 unspecified atom stereocenters. The summed E-state index contributed by atoms with van der Waals surface area (Å²) >= 11 is 0. The average molecular weight is 353 g/mol. The van der Waals surface area contributed by atoms with Crippen LogP contribution in [-0.4, -0.2) is 36.7 Å². The number of hydrogen-bond donors (Lipinski definition) is 2. The van der Waals surface area contributed by atoms with Gasteiger partial charge in [0, 0.05) is 24.6 Å². The molecule has 0 spiro atoms. The van der Waals surface area contributed by atoms with E-state index in [1.807, 2.05) is 24.3 Å². The first kappa shape index (κ1) is 18.1. The van der Waals surface area contributed by atoms with E-state index in [0.717, 1.165) is 18.6 Å². The number of rotatable bonds is 6. The molecular weight excluding hydrogens is 330 g/mol. The maximum atomic E-state index is 12.6. The van der Waals surface area contributed by atoms with Gasteiger partial charge in [-0.05, 0) is 36.6 Å². The lowest BCUT2D eigenvalue weighted by Gasteiger charge is -2.25. The van der Waals surface area contributed by atoms with Crippen molar-refractivity contribution < 1.29 is 19.4 Å². The molecule has 0 saturated carbocycles. The average Bonchev–Trinajstić information content (AvgIpc) is 3.21. The quantitative estimate of drug-likeness (QED) is 0.837. The highest BCUT2D eigenvalue weighted by molar-refractivity contribution is 5.95. The van der Waals surface area contributed by atoms with Crippen LogP contribution in [0.15, 0.2) is 54.6 Å². The second-order valence-electron chi connectivity index (χ2n) is 6.87. The lowest BCUT2D eigenvalue weighted by molar-refractivity contribution is -0.142. The monoisotopic (exact) mass is 353 g/mol. The maximum Gasteiger partial charge on any atom is 0.315 e. The van der Waals surface area contributed by atoms with E-state index in [1.54, 1.807) is 37.3 Å². The zero-order valence-corrected chi connectivity index (χ0v) is 14.8. The summed E-state index contributed by atoms with van der Waals surface area (Å²) in [6.07, 6.45) is 0.955. The van der Waals surface area contributed by atoms with E-state index in [0.29, 0.717) is 23.7 Å². The fourth-order valence-corrected chi connectivity index (χ4v) is 3.20. The van der Waals surface area contributed by atoms with Gasteiger partial charge in [-0.1, -0.05) is 42.5 Å². The third-order valence-electron chi connectivity index (χ3n) is 5.04. The highest BCUT2D eigenvalue weighted by Crippen LogP contribution is 2.26. The van der Waals surface area contributed by atoms with Gasteiger partial charge in [-0.3, -0.25) is 9.59 Å². The number of nitrogens with one attached hydrogen (secondary N) is 1. The Hall–Kier alpha value is -2.66. The summed E-state index contributed by atoms with van der Waals surface area (Å²) in [4.78, 5) is 24.4. The van der Waals surface area contributed by atoms with E-state index in [-0.39, 0.29) is 12.5 Å². The molecule has 1 fully saturated rings. The fourth-order valence-electron chi connectivity index (χ4n) is 3.20. The normalized spacial score (nSPS) is 18.9. The summed E-state index contributed by atoms with van der Waals surface area (Å²) in [5, 5.41) is 12.5. The Bertz CT molecular complexity index is 784. The van der Waals surface area contributed by atoms with Gasteiger partial charge >= 0.3 is 5.97 Å². The number of hydrogen-bond acceptors (Lipinski definition) is 3. The topological polar surface area (TPSA) is 75.6 Å². The molecule has 2 atom stereocenters. The predicted molar refractivity (Wildman–Crippen MR) is 98.4 cm³/mol. The van der Waals surface area contributed by atoms with Crippen molar-refractivity contribution in [3.05, 3.63) is 71.3 Å². The summed E-state index contributed by atoms with van der Waals surface area (Å²) in [7, 11) is 0. The van der Waals surface area contributed by atoms with Crippen LogP contribution in [0.1, 0.15) is 40.7 Å². The van der Waals surface area contributed by atoms with Gasteiger partial charge in [-0.25, -0.2) is 0 Å². The number of benzene rings is 2. The van der Waals surface area contributed by atoms with Crippen LogP contribution in [0.3, 0.4) is 0 Å². The number of amides is 1. The molecule has 26 heavy (non-hydrogen) atoms. The van der Waals surface area contributed by atoms with Crippen LogP contribution in [0.4, 0.5) is 0 Å². The van der Waals surface area contributed by atoms with Gasteiger partial charge in [0.2, 0.25) is 0 Å². The molecule has 5 nitrogen and oxygen atoms in total. The Labute approximate surface area is 153 Å². The molecule has 1 aliphatic heterocycles. The van der Waals surface area contributed by atoms with Crippen LogP contribution in [0, 0.1) is 0 Å². The molecule has 5 heteroatoms. The number of carboxylic acid groups (broad SMARTS) is 1. The minimum absolute atomic E-state index is 0.0158. The zero-order valence-electron chi connectivity index (χ0n) is 14.8. The second-order valence-corrected chi connectivity index (χ2v) is 6.87. The van der Waals surface area contributed by atoms with E-state index in [9.17, 15) is 14.7 Å². The van der Waals surface area contributed by atoms with Crippen molar-refractivity contribution in [2.24, 2.45) is 0 Å². The van der Waals surface area contributed by atoms with Crippen molar-refractivity contribution in [2.75, 3.05) is 19.8 Å². The molecule has 1 aliphatic rings. The summed E-state index contributed by atoms with van der Waals surface area (Å²) in [6, 6.07) is 16.4. The van der Waals surface area contributed by atoms with E-state index in [2.05, 4.69) is 5.32 Å². The summed E-state index contributed by atoms with van der Waals surface area (Å²) in [6.45, 7) is 3.06. The van der Waals surface area contributed by atoms with Crippen LogP contribution in [0.5, 0.6) is 0 Å². The van der Waals surface area contributed by atoms with Gasteiger partial charge in [0.25, 0.3) is 5.91 Å². The number of carbonyl (C=O) groups is 2. The van der Waals surface area contributed by atoms with Crippen molar-refractivity contribution in [3.8, 4) is 0 Å². The molecule has 1 heterocycles. The predicted octanol–water partition coefficient (Wildman–Crippen LogP) is 2.96. The van der Waals surface area contributed by atoms with Crippen molar-refractivity contribution in [2.45, 2.75) is 24.7 Å². The second kappa shape index (κ2) is 7.70. The Morgan fingerprint density at radius 2 is 1.96 bits per heavy atom. The first-order valence-electron chi connectivity index (χ1n) is 8.75. The number of carbonyl (C=O) groups excluding carboxylic acids is 1. The fraction of sp³-hybridized carbons (Fsp3) is 0.333. The number of carboxylic acids is 1. The van der Waals surface area contributed by atoms with E-state index >= 15 is 0 Å². The molecule has 2 aromatic rings. The Balaban J connectivity index is 1.73. The van der Waals surface area contributed by atoms with Gasteiger partial charge in [0.1, 0.15) is 5.41 Å². The highest BCUT2D eigenvalue weighted by Gasteiger charge is 2.35. The molecule has 136 valence electrons. The Morgan fingerprint density at radius 3 is 2.62 bits per heavy atom. The molecule has 0 radical (unpaired) electrons. The van der Waals surface area contributed by atoms with Gasteiger partial charge in [0.15, 0.2) is 0 Å². The standard InChI is InChI=1S/C21H23NO4/c1-21(20(24)25,18-8-3-2-4-9-18)14-22-19(23)16-7-5-6-15(12-16)17-10-11-26-13-17/h2-9,12,17H,10-11,13-14H2,1H3,(H,22,23)(H,24,25). The molecular formula is C21H23NO4. The maximum absolute atomic E-state index is 12.6. The molecule has 0 aliphatic carbocycles. The largest absolute Gasteiger partial charge is 0.481 e. The van der Waals surface area contributed by atoms with Crippen LogP contribution >= 0.6 is 0 Å². The molecule has 1 amide bonds. The van der Waals surface area contributed by atoms with Crippen LogP contribution < -0.4 is 5.32 Å². The smallest absolute Gasteiger partial charge is 0.315 e. The lowest BCUT2D eigenvalue weighted by atomic mass is 9.82. The lowest BCUT2D eigenvalue weighted by Crippen LogP contribution is -2.44. The molecule has 0 bridgehead atoms. The van der Waals surface area contributed by atoms with Gasteiger partial charge in [-0.15, -0.1) is 0 Å². The van der Waals surface area contributed by atoms with Gasteiger partial charge in [-0.2, -0.15) is 0 Å². The van der Waals surface area contributed by atoms with Crippen LogP contribution in [-0.2, 0) is 14.9 Å². The highest BCUT2D eigenvalue weighted by atomic mass is 16.5. The molecule has 2 aromatic carbocycles. The third kappa shape index (κ3) is 3.78. The van der Waals surface area contributed by atoms with E-state index in [4.69, 9.17) is 4.74 Å². The van der Waals surface area contributed by atoms with Crippen molar-refractivity contribution in [3.63, 3.8) is 0 Å². The zero-order chi connectivity index (χ0) is 18.6. The Kier molecular flexibility index (Phi) is 5.38. The molecule has 3 rings (SSSR count). The summed E-state index contributed by atoms with van der Waals surface area (Å²) in [5.41, 5.74) is 1.09. The van der Waals surface area contributed by atoms with Crippen LogP contribution in [0.25, 0.3) is 0 Å². The van der Waals surface area contributed by atoms with Gasteiger partial charge < -0.3 is 15.2 Å². The van der Waals surface area contributed by atoms with Crippen LogP contribution in [0.2, 0.25) is 0 Å². The van der Waals surface area contributed by atoms with Crippen molar-refractivity contribution in [1.82, 2.24) is 5.32 Å². The minimum Gasteiger partial charge on any atom is -0.481 e. The summed E-state index contributed by atoms with van der Waals surface area (Å²) in [5.74, 6) is -0.925. The first-order chi connectivity index (χ1) is 12.5. The van der Waals surface area contributed by atoms with Crippen molar-refractivity contribution in [1.29, 1.82) is 0 Å². The third-order valence-corrected chi connectivity index (χ3v) is 5.04. The number of ether oxygens (including phenoxy) is 1. The molecule has 0 aromatic heterocycles. The summed E-state index contributed by atoms with van der Waals surface area (Å²) < 4.78 is 5.41. The van der Waals surface area contributed by atoms with E-state index in [1.165, 1.54) is 0 Å². The molecule has 2 N–H and O–H groups in total. The number of aliphatic carboxylic acids is 1.